The van der Waals surface area contributed by atoms with Crippen molar-refractivity contribution in [2.45, 2.75) is 26.3 Å². The van der Waals surface area contributed by atoms with Crippen LogP contribution in [-0.4, -0.2) is 29.4 Å². The van der Waals surface area contributed by atoms with Gasteiger partial charge in [0.15, 0.2) is 5.54 Å². The highest BCUT2D eigenvalue weighted by Gasteiger charge is 2.38. The van der Waals surface area contributed by atoms with Crippen molar-refractivity contribution >= 4 is 5.91 Å². The van der Waals surface area contributed by atoms with E-state index in [0.29, 0.717) is 5.92 Å². The largest absolute Gasteiger partial charge is 0.340 e. The highest BCUT2D eigenvalue weighted by atomic mass is 16.3. The monoisotopic (exact) mass is 170 g/mol. The Bertz CT molecular complexity index is 207. The molecule has 4 nitrogen and oxygen atoms in total. The van der Waals surface area contributed by atoms with Crippen LogP contribution in [0.3, 0.4) is 0 Å². The summed E-state index contributed by atoms with van der Waals surface area (Å²) in [5, 5.41) is 2.81. The van der Waals surface area contributed by atoms with Crippen LogP contribution in [0.25, 0.3) is 0 Å². The normalized spacial score (nSPS) is 18.8. The molecule has 1 fully saturated rings. The molecule has 0 N–H and O–H groups in total. The molecule has 68 valence electrons. The van der Waals surface area contributed by atoms with Gasteiger partial charge in [-0.05, 0) is 19.8 Å². The number of carbonyl (C=O) groups excluding carboxylic acids is 1. The molecule has 0 atom stereocenters. The summed E-state index contributed by atoms with van der Waals surface area (Å²) < 4.78 is 0. The molecule has 0 unspecified atom stereocenters. The van der Waals surface area contributed by atoms with Gasteiger partial charge >= 0.3 is 0 Å². The summed E-state index contributed by atoms with van der Waals surface area (Å²) >= 11 is 0. The Labute approximate surface area is 71.9 Å². The van der Waals surface area contributed by atoms with E-state index in [1.165, 1.54) is 0 Å². The summed E-state index contributed by atoms with van der Waals surface area (Å²) in [6, 6.07) is 0. The van der Waals surface area contributed by atoms with Crippen LogP contribution < -0.4 is 0 Å². The van der Waals surface area contributed by atoms with Crippen LogP contribution in [0.15, 0.2) is 5.18 Å². The predicted molar refractivity (Wildman–Crippen MR) is 45.6 cm³/mol. The molecule has 12 heavy (non-hydrogen) atoms. The minimum absolute atomic E-state index is 0.157. The van der Waals surface area contributed by atoms with Gasteiger partial charge in [0.05, 0.1) is 0 Å². The molecule has 0 aromatic carbocycles. The van der Waals surface area contributed by atoms with Crippen LogP contribution in [0.5, 0.6) is 0 Å². The molecule has 0 aromatic heterocycles. The van der Waals surface area contributed by atoms with E-state index in [9.17, 15) is 9.70 Å². The third-order valence-electron chi connectivity index (χ3n) is 2.10. The van der Waals surface area contributed by atoms with Crippen molar-refractivity contribution in [2.24, 2.45) is 11.1 Å². The molecule has 1 rings (SSSR count). The fraction of sp³-hybridized carbons (Fsp3) is 0.875. The number of nitroso groups, excluding NO2 is 1. The van der Waals surface area contributed by atoms with Gasteiger partial charge in [0, 0.05) is 13.1 Å². The van der Waals surface area contributed by atoms with Gasteiger partial charge in [0.25, 0.3) is 5.91 Å². The summed E-state index contributed by atoms with van der Waals surface area (Å²) in [7, 11) is 0. The maximum atomic E-state index is 11.5. The van der Waals surface area contributed by atoms with Crippen LogP contribution >= 0.6 is 0 Å². The van der Waals surface area contributed by atoms with Crippen molar-refractivity contribution in [1.82, 2.24) is 4.90 Å². The predicted octanol–water partition coefficient (Wildman–Crippen LogP) is 1.01. The molecule has 0 bridgehead atoms. The fourth-order valence-electron chi connectivity index (χ4n) is 1.29. The van der Waals surface area contributed by atoms with Crippen molar-refractivity contribution in [1.29, 1.82) is 0 Å². The van der Waals surface area contributed by atoms with Crippen LogP contribution in [0, 0.1) is 10.8 Å². The van der Waals surface area contributed by atoms with Crippen molar-refractivity contribution < 1.29 is 4.79 Å². The SMILES string of the molecule is CC1CN(C(=O)C(C)(C)N=O)C1. The van der Waals surface area contributed by atoms with E-state index < -0.39 is 5.54 Å². The standard InChI is InChI=1S/C8H14N2O2/c1-6-4-10(5-6)7(11)8(2,3)9-12/h6H,4-5H2,1-3H3. The molecule has 0 aliphatic carbocycles. The van der Waals surface area contributed by atoms with Crippen molar-refractivity contribution in [3.8, 4) is 0 Å². The second-order valence-electron chi connectivity index (χ2n) is 3.97. The molecule has 1 heterocycles. The van der Waals surface area contributed by atoms with Gasteiger partial charge in [0.2, 0.25) is 0 Å². The molecule has 1 amide bonds. The Hall–Kier alpha value is -0.930. The van der Waals surface area contributed by atoms with Crippen LogP contribution in [-0.2, 0) is 4.79 Å². The Kier molecular flexibility index (Phi) is 2.17. The van der Waals surface area contributed by atoms with Crippen LogP contribution in [0.4, 0.5) is 0 Å². The number of likely N-dealkylation sites (tertiary alicyclic amines) is 1. The van der Waals surface area contributed by atoms with E-state index in [0.717, 1.165) is 13.1 Å². The zero-order valence-electron chi connectivity index (χ0n) is 7.70. The van der Waals surface area contributed by atoms with E-state index in [4.69, 9.17) is 0 Å². The Morgan fingerprint density at radius 2 is 2.00 bits per heavy atom. The molecular weight excluding hydrogens is 156 g/mol. The number of hydrogen-bond acceptors (Lipinski definition) is 3. The van der Waals surface area contributed by atoms with Gasteiger partial charge in [-0.1, -0.05) is 12.1 Å². The summed E-state index contributed by atoms with van der Waals surface area (Å²) in [6.45, 7) is 6.69. The number of hydrogen-bond donors (Lipinski definition) is 0. The quantitative estimate of drug-likeness (QED) is 0.581. The van der Waals surface area contributed by atoms with Gasteiger partial charge in [-0.25, -0.2) is 0 Å². The van der Waals surface area contributed by atoms with Gasteiger partial charge in [0.1, 0.15) is 0 Å². The molecule has 4 heteroatoms. The second-order valence-corrected chi connectivity index (χ2v) is 3.97. The first-order valence-electron chi connectivity index (χ1n) is 4.11. The lowest BCUT2D eigenvalue weighted by atomic mass is 9.97. The zero-order valence-corrected chi connectivity index (χ0v) is 7.70. The first kappa shape index (κ1) is 9.16. The lowest BCUT2D eigenvalue weighted by Crippen LogP contribution is -2.54. The lowest BCUT2D eigenvalue weighted by molar-refractivity contribution is -0.141. The molecule has 0 radical (unpaired) electrons. The molecule has 1 aliphatic heterocycles. The van der Waals surface area contributed by atoms with Gasteiger partial charge < -0.3 is 4.90 Å². The van der Waals surface area contributed by atoms with Crippen LogP contribution in [0.2, 0.25) is 0 Å². The summed E-state index contributed by atoms with van der Waals surface area (Å²) in [5.74, 6) is 0.409. The molecular formula is C8H14N2O2. The Morgan fingerprint density at radius 3 is 2.33 bits per heavy atom. The lowest BCUT2D eigenvalue weighted by Gasteiger charge is -2.39. The highest BCUT2D eigenvalue weighted by Crippen LogP contribution is 2.21. The Morgan fingerprint density at radius 1 is 1.50 bits per heavy atom. The Balaban J connectivity index is 2.54. The molecule has 1 saturated heterocycles. The molecule has 1 aliphatic rings. The maximum absolute atomic E-state index is 11.5. The average Bonchev–Trinajstić information content (AvgIpc) is 1.97. The summed E-state index contributed by atoms with van der Waals surface area (Å²) in [4.78, 5) is 23.4. The van der Waals surface area contributed by atoms with E-state index in [2.05, 4.69) is 12.1 Å². The van der Waals surface area contributed by atoms with Crippen molar-refractivity contribution in [3.63, 3.8) is 0 Å². The fourth-order valence-corrected chi connectivity index (χ4v) is 1.29. The number of nitrogens with zero attached hydrogens (tertiary/aromatic N) is 2. The highest BCUT2D eigenvalue weighted by molar-refractivity contribution is 5.86. The number of rotatable bonds is 2. The minimum atomic E-state index is -1.08. The molecule has 0 spiro atoms. The first-order valence-corrected chi connectivity index (χ1v) is 4.11. The molecule has 0 aromatic rings. The van der Waals surface area contributed by atoms with E-state index in [1.54, 1.807) is 18.7 Å². The van der Waals surface area contributed by atoms with Crippen molar-refractivity contribution in [3.05, 3.63) is 4.91 Å². The van der Waals surface area contributed by atoms with E-state index in [-0.39, 0.29) is 5.91 Å². The molecule has 0 saturated carbocycles. The van der Waals surface area contributed by atoms with Crippen LogP contribution in [0.1, 0.15) is 20.8 Å². The number of carbonyl (C=O) groups is 1. The van der Waals surface area contributed by atoms with E-state index >= 15 is 0 Å². The first-order chi connectivity index (χ1) is 5.47. The van der Waals surface area contributed by atoms with Gasteiger partial charge in [-0.15, -0.1) is 4.91 Å². The van der Waals surface area contributed by atoms with E-state index in [1.807, 2.05) is 0 Å². The minimum Gasteiger partial charge on any atom is -0.340 e. The summed E-state index contributed by atoms with van der Waals surface area (Å²) in [5.41, 5.74) is -1.08. The smallest absolute Gasteiger partial charge is 0.253 e. The van der Waals surface area contributed by atoms with Crippen molar-refractivity contribution in [2.75, 3.05) is 13.1 Å². The maximum Gasteiger partial charge on any atom is 0.253 e. The third kappa shape index (κ3) is 1.47. The average molecular weight is 170 g/mol. The van der Waals surface area contributed by atoms with Gasteiger partial charge in [-0.3, -0.25) is 4.79 Å². The third-order valence-corrected chi connectivity index (χ3v) is 2.10. The summed E-state index contributed by atoms with van der Waals surface area (Å²) in [6.07, 6.45) is 0. The zero-order chi connectivity index (χ0) is 9.35. The second kappa shape index (κ2) is 2.84. The topological polar surface area (TPSA) is 49.7 Å². The van der Waals surface area contributed by atoms with Gasteiger partial charge in [-0.2, -0.15) is 0 Å². The number of amides is 1.